The Labute approximate surface area is 345 Å². The summed E-state index contributed by atoms with van der Waals surface area (Å²) in [5, 5.41) is 24.0. The molecule has 4 saturated heterocycles. The summed E-state index contributed by atoms with van der Waals surface area (Å²) in [7, 11) is 0. The lowest BCUT2D eigenvalue weighted by Gasteiger charge is -2.40. The van der Waals surface area contributed by atoms with Crippen LogP contribution in [0.1, 0.15) is 95.3 Å². The minimum atomic E-state index is -0.634. The lowest BCUT2D eigenvalue weighted by molar-refractivity contribution is -0.141. The van der Waals surface area contributed by atoms with Crippen LogP contribution in [0.4, 0.5) is 0 Å². The molecule has 10 rings (SSSR count). The molecule has 18 nitrogen and oxygen atoms in total. The molecule has 2 saturated carbocycles. The number of likely N-dealkylation sites (tertiary alicyclic amines) is 2. The van der Waals surface area contributed by atoms with Gasteiger partial charge in [-0.2, -0.15) is 10.5 Å². The number of rotatable bonds is 10. The summed E-state index contributed by atoms with van der Waals surface area (Å²) in [6, 6.07) is 3.11. The van der Waals surface area contributed by atoms with Gasteiger partial charge in [-0.25, -0.2) is 19.9 Å². The van der Waals surface area contributed by atoms with Crippen molar-refractivity contribution in [3.63, 3.8) is 0 Å². The maximum Gasteiger partial charge on any atom is 0.255 e. The van der Waals surface area contributed by atoms with E-state index in [9.17, 15) is 19.2 Å². The average molecular weight is 817 g/mol. The van der Waals surface area contributed by atoms with Gasteiger partial charge in [-0.05, 0) is 63.2 Å². The van der Waals surface area contributed by atoms with Gasteiger partial charge in [0.2, 0.25) is 11.8 Å². The number of fused-ring (bicyclic) bond motifs is 2. The van der Waals surface area contributed by atoms with Crippen LogP contribution in [-0.4, -0.2) is 128 Å². The van der Waals surface area contributed by atoms with Crippen molar-refractivity contribution in [1.29, 1.82) is 10.5 Å². The average Bonchev–Trinajstić information content (AvgIpc) is 4.19. The van der Waals surface area contributed by atoms with Crippen LogP contribution in [0.5, 0.6) is 0 Å². The Bertz CT molecular complexity index is 2190. The van der Waals surface area contributed by atoms with Crippen LogP contribution in [0, 0.1) is 46.3 Å². The van der Waals surface area contributed by atoms with E-state index in [2.05, 4.69) is 52.7 Å². The van der Waals surface area contributed by atoms with Gasteiger partial charge in [0.05, 0.1) is 58.9 Å². The predicted molar refractivity (Wildman–Crippen MR) is 213 cm³/mol. The normalized spacial score (nSPS) is 21.1. The predicted octanol–water partition coefficient (Wildman–Crippen LogP) is 2.68. The highest BCUT2D eigenvalue weighted by atomic mass is 16.5. The van der Waals surface area contributed by atoms with Gasteiger partial charge in [-0.1, -0.05) is 0 Å². The summed E-state index contributed by atoms with van der Waals surface area (Å²) in [4.78, 5) is 80.1. The van der Waals surface area contributed by atoms with Crippen LogP contribution in [0.25, 0.3) is 22.3 Å². The summed E-state index contributed by atoms with van der Waals surface area (Å²) in [6.07, 6.45) is 14.0. The number of nitriles is 2. The molecule has 4 aromatic heterocycles. The van der Waals surface area contributed by atoms with Crippen molar-refractivity contribution in [2.45, 2.75) is 75.3 Å². The highest BCUT2D eigenvalue weighted by Gasteiger charge is 2.41. The van der Waals surface area contributed by atoms with Gasteiger partial charge in [-0.15, -0.1) is 0 Å². The van der Waals surface area contributed by atoms with Crippen LogP contribution < -0.4 is 10.6 Å². The first kappa shape index (κ1) is 39.5. The van der Waals surface area contributed by atoms with E-state index in [4.69, 9.17) is 20.0 Å². The van der Waals surface area contributed by atoms with Crippen LogP contribution in [-0.2, 0) is 19.1 Å². The molecule has 60 heavy (non-hydrogen) atoms. The molecular formula is C42H48N12O6. The highest BCUT2D eigenvalue weighted by Crippen LogP contribution is 2.40. The van der Waals surface area contributed by atoms with Gasteiger partial charge in [0.1, 0.15) is 23.1 Å². The van der Waals surface area contributed by atoms with E-state index in [1.807, 2.05) is 0 Å². The number of carbonyl (C=O) groups excluding carboxylic acids is 4. The van der Waals surface area contributed by atoms with Gasteiger partial charge < -0.3 is 39.9 Å². The molecule has 0 spiro atoms. The molecule has 6 aliphatic rings. The third kappa shape index (κ3) is 8.26. The number of aromatic amines is 2. The van der Waals surface area contributed by atoms with Crippen LogP contribution >= 0.6 is 0 Å². The number of amides is 4. The van der Waals surface area contributed by atoms with Crippen molar-refractivity contribution in [1.82, 2.24) is 50.3 Å². The maximum absolute atomic E-state index is 13.2. The van der Waals surface area contributed by atoms with Crippen molar-refractivity contribution in [3.05, 3.63) is 47.3 Å². The molecule has 0 aromatic carbocycles. The van der Waals surface area contributed by atoms with Crippen molar-refractivity contribution < 1.29 is 28.7 Å². The Kier molecular flexibility index (Phi) is 11.1. The molecule has 4 amide bonds. The lowest BCUT2D eigenvalue weighted by Crippen LogP contribution is -2.59. The highest BCUT2D eigenvalue weighted by molar-refractivity contribution is 6.07. The van der Waals surface area contributed by atoms with Crippen molar-refractivity contribution >= 4 is 46.0 Å². The van der Waals surface area contributed by atoms with E-state index in [0.29, 0.717) is 124 Å². The fraction of sp³-hybridized carbons (Fsp3) is 0.571. The number of ether oxygens (including phenoxy) is 2. The van der Waals surface area contributed by atoms with Gasteiger partial charge in [0.25, 0.3) is 11.8 Å². The SMILES string of the molecule is N#CC1CN(C(=O)[C@@H](NC(=O)c2c[nH]c3ncc(C4CC4)nc23)C2CCOCC2)C1.N#CC1CN(C(=O)[C@H](NC(=O)c2c[nH]c3ncc(C4CC4)nc23)C2CCOCC2)C1. The third-order valence-electron chi connectivity index (χ3n) is 12.6. The second-order valence-corrected chi connectivity index (χ2v) is 16.9. The lowest BCUT2D eigenvalue weighted by atomic mass is 9.89. The molecule has 4 aliphatic heterocycles. The first-order chi connectivity index (χ1) is 29.3. The Morgan fingerprint density at radius 2 is 1.02 bits per heavy atom. The summed E-state index contributed by atoms with van der Waals surface area (Å²) in [5.74, 6) is -0.250. The van der Waals surface area contributed by atoms with E-state index in [1.54, 1.807) is 34.6 Å². The zero-order valence-corrected chi connectivity index (χ0v) is 33.3. The molecular weight excluding hydrogens is 769 g/mol. The van der Waals surface area contributed by atoms with Gasteiger partial charge in [-0.3, -0.25) is 19.2 Å². The number of hydrogen-bond donors (Lipinski definition) is 4. The van der Waals surface area contributed by atoms with Crippen molar-refractivity contribution in [2.24, 2.45) is 23.7 Å². The summed E-state index contributed by atoms with van der Waals surface area (Å²) >= 11 is 0. The van der Waals surface area contributed by atoms with E-state index >= 15 is 0 Å². The Balaban J connectivity index is 0.000000154. The van der Waals surface area contributed by atoms with Crippen molar-refractivity contribution in [2.75, 3.05) is 52.6 Å². The largest absolute Gasteiger partial charge is 0.381 e. The molecule has 0 unspecified atom stereocenters. The third-order valence-corrected chi connectivity index (χ3v) is 12.6. The van der Waals surface area contributed by atoms with Crippen LogP contribution in [0.3, 0.4) is 0 Å². The molecule has 0 radical (unpaired) electrons. The molecule has 6 fully saturated rings. The number of aromatic nitrogens is 6. The van der Waals surface area contributed by atoms with Crippen molar-refractivity contribution in [3.8, 4) is 12.1 Å². The number of nitrogens with zero attached hydrogens (tertiary/aromatic N) is 8. The van der Waals surface area contributed by atoms with E-state index < -0.39 is 12.1 Å². The number of H-pyrrole nitrogens is 2. The molecule has 2 aliphatic carbocycles. The monoisotopic (exact) mass is 816 g/mol. The summed E-state index contributed by atoms with van der Waals surface area (Å²) in [5.41, 5.74) is 4.86. The number of nitrogens with one attached hydrogen (secondary N) is 4. The fourth-order valence-electron chi connectivity index (χ4n) is 8.48. The second-order valence-electron chi connectivity index (χ2n) is 16.9. The first-order valence-electron chi connectivity index (χ1n) is 21.1. The molecule has 18 heteroatoms. The second kappa shape index (κ2) is 16.9. The zero-order chi connectivity index (χ0) is 41.3. The summed E-state index contributed by atoms with van der Waals surface area (Å²) < 4.78 is 10.9. The minimum Gasteiger partial charge on any atom is -0.381 e. The van der Waals surface area contributed by atoms with E-state index in [1.165, 1.54) is 0 Å². The van der Waals surface area contributed by atoms with Crippen LogP contribution in [0.2, 0.25) is 0 Å². The topological polar surface area (TPSA) is 248 Å². The van der Waals surface area contributed by atoms with E-state index in [0.717, 1.165) is 37.1 Å². The van der Waals surface area contributed by atoms with Gasteiger partial charge in [0.15, 0.2) is 11.3 Å². The Morgan fingerprint density at radius 3 is 1.37 bits per heavy atom. The van der Waals surface area contributed by atoms with Gasteiger partial charge in [0, 0.05) is 76.8 Å². The zero-order valence-electron chi connectivity index (χ0n) is 33.3. The number of carbonyl (C=O) groups is 4. The molecule has 312 valence electrons. The maximum atomic E-state index is 13.2. The summed E-state index contributed by atoms with van der Waals surface area (Å²) in [6.45, 7) is 4.01. The fourth-order valence-corrected chi connectivity index (χ4v) is 8.48. The minimum absolute atomic E-state index is 0.00894. The Hall–Kier alpha value is -5.98. The standard InChI is InChI=1S/2C21H24N6O3/c2*22-7-12-10-27(11-12)21(29)17(14-3-5-30-6-4-14)26-20(28)15-8-23-19-18(15)25-16(9-24-19)13-1-2-13/h2*8-9,12-14,17H,1-6,10-11H2,(H,23,24)(H,26,28)/t2*17-/m10/s1. The smallest absolute Gasteiger partial charge is 0.255 e. The molecule has 8 heterocycles. The molecule has 4 aromatic rings. The molecule has 0 bridgehead atoms. The first-order valence-corrected chi connectivity index (χ1v) is 21.1. The van der Waals surface area contributed by atoms with E-state index in [-0.39, 0.29) is 47.3 Å². The van der Waals surface area contributed by atoms with Gasteiger partial charge >= 0.3 is 0 Å². The number of hydrogen-bond acceptors (Lipinski definition) is 12. The Morgan fingerprint density at radius 1 is 0.633 bits per heavy atom. The van der Waals surface area contributed by atoms with Crippen LogP contribution in [0.15, 0.2) is 24.8 Å². The molecule has 4 N–H and O–H groups in total. The quantitative estimate of drug-likeness (QED) is 0.180. The molecule has 2 atom stereocenters.